The molecular weight excluding hydrogens is 262 g/mol. The summed E-state index contributed by atoms with van der Waals surface area (Å²) in [5.74, 6) is 0. The molecule has 106 valence electrons. The van der Waals surface area contributed by atoms with Gasteiger partial charge in [0.2, 0.25) is 5.56 Å². The number of nitrogens with one attached hydrogen (secondary N) is 2. The minimum absolute atomic E-state index is 0.0322. The van der Waals surface area contributed by atoms with Crippen molar-refractivity contribution in [2.75, 3.05) is 5.32 Å². The maximum Gasteiger partial charge on any atom is 0.248 e. The van der Waals surface area contributed by atoms with E-state index < -0.39 is 0 Å². The Bertz CT molecular complexity index is 725. The molecule has 0 saturated heterocycles. The van der Waals surface area contributed by atoms with Gasteiger partial charge < -0.3 is 10.3 Å². The number of anilines is 1. The molecule has 1 aliphatic carbocycles. The number of aryl methyl sites for hydroxylation is 1. The minimum atomic E-state index is -0.0322. The largest absolute Gasteiger partial charge is 0.378 e. The third kappa shape index (κ3) is 2.97. The van der Waals surface area contributed by atoms with Gasteiger partial charge in [-0.15, -0.1) is 0 Å². The van der Waals surface area contributed by atoms with Gasteiger partial charge in [0, 0.05) is 17.4 Å². The van der Waals surface area contributed by atoms with E-state index in [-0.39, 0.29) is 11.6 Å². The van der Waals surface area contributed by atoms with E-state index >= 15 is 0 Å². The molecule has 3 rings (SSSR count). The number of pyridine rings is 1. The Balaban J connectivity index is 1.80. The van der Waals surface area contributed by atoms with Crippen LogP contribution >= 0.6 is 0 Å². The van der Waals surface area contributed by atoms with E-state index in [0.717, 1.165) is 36.2 Å². The van der Waals surface area contributed by atoms with Crippen molar-refractivity contribution in [2.24, 2.45) is 0 Å². The second-order valence-corrected chi connectivity index (χ2v) is 5.38. The van der Waals surface area contributed by atoms with Gasteiger partial charge in [0.1, 0.15) is 0 Å². The maximum absolute atomic E-state index is 11.4. The predicted molar refractivity (Wildman–Crippen MR) is 82.1 cm³/mol. The van der Waals surface area contributed by atoms with Crippen molar-refractivity contribution in [3.05, 3.63) is 63.6 Å². The molecule has 21 heavy (non-hydrogen) atoms. The standard InChI is InChI=1S/C17H17N3O/c18-11-10-12-4-6-13(7-5-12)19-15-2-1-3-16-14(15)8-9-17(21)20-16/h4-9,15,19H,1-3,10H2,(H,20,21). The molecule has 0 saturated carbocycles. The van der Waals surface area contributed by atoms with E-state index in [0.29, 0.717) is 6.42 Å². The number of hydrogen-bond acceptors (Lipinski definition) is 3. The van der Waals surface area contributed by atoms with Crippen molar-refractivity contribution in [3.8, 4) is 6.07 Å². The zero-order valence-corrected chi connectivity index (χ0v) is 11.7. The summed E-state index contributed by atoms with van der Waals surface area (Å²) in [4.78, 5) is 14.3. The van der Waals surface area contributed by atoms with E-state index in [1.165, 1.54) is 5.56 Å². The summed E-state index contributed by atoms with van der Waals surface area (Å²) >= 11 is 0. The number of hydrogen-bond donors (Lipinski definition) is 2. The Morgan fingerprint density at radius 2 is 2.05 bits per heavy atom. The number of aromatic amines is 1. The highest BCUT2D eigenvalue weighted by Gasteiger charge is 2.20. The van der Waals surface area contributed by atoms with Crippen LogP contribution in [0.5, 0.6) is 0 Å². The summed E-state index contributed by atoms with van der Waals surface area (Å²) in [5.41, 5.74) is 4.27. The number of benzene rings is 1. The SMILES string of the molecule is N#CCc1ccc(NC2CCCc3[nH]c(=O)ccc32)cc1. The van der Waals surface area contributed by atoms with Crippen LogP contribution < -0.4 is 10.9 Å². The number of rotatable bonds is 3. The number of H-pyrrole nitrogens is 1. The molecular formula is C17H17N3O. The highest BCUT2D eigenvalue weighted by Crippen LogP contribution is 2.30. The summed E-state index contributed by atoms with van der Waals surface area (Å²) in [5, 5.41) is 12.2. The lowest BCUT2D eigenvalue weighted by Gasteiger charge is -2.26. The van der Waals surface area contributed by atoms with Gasteiger partial charge in [-0.05, 0) is 48.6 Å². The van der Waals surface area contributed by atoms with Gasteiger partial charge in [0.25, 0.3) is 0 Å². The molecule has 0 spiro atoms. The Morgan fingerprint density at radius 1 is 1.24 bits per heavy atom. The van der Waals surface area contributed by atoms with Crippen LogP contribution in [0, 0.1) is 11.3 Å². The van der Waals surface area contributed by atoms with Crippen LogP contribution in [-0.4, -0.2) is 4.98 Å². The first-order valence-corrected chi connectivity index (χ1v) is 7.21. The van der Waals surface area contributed by atoms with E-state index in [4.69, 9.17) is 5.26 Å². The molecule has 1 aromatic heterocycles. The maximum atomic E-state index is 11.4. The Kier molecular flexibility index (Phi) is 3.74. The van der Waals surface area contributed by atoms with Gasteiger partial charge in [0.15, 0.2) is 0 Å². The predicted octanol–water partition coefficient (Wildman–Crippen LogP) is 2.93. The van der Waals surface area contributed by atoms with Crippen LogP contribution in [-0.2, 0) is 12.8 Å². The van der Waals surface area contributed by atoms with Crippen molar-refractivity contribution in [1.29, 1.82) is 5.26 Å². The van der Waals surface area contributed by atoms with Crippen molar-refractivity contribution in [2.45, 2.75) is 31.7 Å². The van der Waals surface area contributed by atoms with Crippen LogP contribution in [0.4, 0.5) is 5.69 Å². The van der Waals surface area contributed by atoms with Gasteiger partial charge in [-0.25, -0.2) is 0 Å². The zero-order valence-electron chi connectivity index (χ0n) is 11.7. The summed E-state index contributed by atoms with van der Waals surface area (Å²) in [6.45, 7) is 0. The fraction of sp³-hybridized carbons (Fsp3) is 0.294. The molecule has 4 heteroatoms. The lowest BCUT2D eigenvalue weighted by atomic mass is 9.91. The Hall–Kier alpha value is -2.54. The quantitative estimate of drug-likeness (QED) is 0.907. The molecule has 2 N–H and O–H groups in total. The molecule has 0 amide bonds. The molecule has 1 atom stereocenters. The second-order valence-electron chi connectivity index (χ2n) is 5.38. The van der Waals surface area contributed by atoms with Crippen molar-refractivity contribution < 1.29 is 0 Å². The number of fused-ring (bicyclic) bond motifs is 1. The van der Waals surface area contributed by atoms with Crippen LogP contribution in [0.25, 0.3) is 0 Å². The normalized spacial score (nSPS) is 16.8. The molecule has 0 bridgehead atoms. The smallest absolute Gasteiger partial charge is 0.248 e. The summed E-state index contributed by atoms with van der Waals surface area (Å²) in [6, 6.07) is 13.9. The second kappa shape index (κ2) is 5.84. The van der Waals surface area contributed by atoms with Crippen LogP contribution in [0.3, 0.4) is 0 Å². The van der Waals surface area contributed by atoms with Gasteiger partial charge in [-0.3, -0.25) is 4.79 Å². The fourth-order valence-electron chi connectivity index (χ4n) is 2.86. The first-order chi connectivity index (χ1) is 10.3. The Morgan fingerprint density at radius 3 is 2.81 bits per heavy atom. The summed E-state index contributed by atoms with van der Waals surface area (Å²) < 4.78 is 0. The molecule has 2 aromatic rings. The molecule has 4 nitrogen and oxygen atoms in total. The highest BCUT2D eigenvalue weighted by atomic mass is 16.1. The van der Waals surface area contributed by atoms with E-state index in [1.54, 1.807) is 6.07 Å². The van der Waals surface area contributed by atoms with Crippen LogP contribution in [0.1, 0.15) is 35.7 Å². The zero-order chi connectivity index (χ0) is 14.7. The van der Waals surface area contributed by atoms with Crippen molar-refractivity contribution in [3.63, 3.8) is 0 Å². The fourth-order valence-corrected chi connectivity index (χ4v) is 2.86. The average molecular weight is 279 g/mol. The van der Waals surface area contributed by atoms with Crippen molar-refractivity contribution >= 4 is 5.69 Å². The van der Waals surface area contributed by atoms with Gasteiger partial charge in [-0.2, -0.15) is 5.26 Å². The van der Waals surface area contributed by atoms with E-state index in [1.807, 2.05) is 30.3 Å². The molecule has 0 aliphatic heterocycles. The first kappa shape index (κ1) is 13.4. The molecule has 1 aliphatic rings. The average Bonchev–Trinajstić information content (AvgIpc) is 2.49. The van der Waals surface area contributed by atoms with E-state index in [2.05, 4.69) is 16.4 Å². The number of nitriles is 1. The lowest BCUT2D eigenvalue weighted by Crippen LogP contribution is -2.21. The third-order valence-electron chi connectivity index (χ3n) is 3.91. The lowest BCUT2D eigenvalue weighted by molar-refractivity contribution is 0.587. The highest BCUT2D eigenvalue weighted by molar-refractivity contribution is 5.48. The van der Waals surface area contributed by atoms with Gasteiger partial charge in [0.05, 0.1) is 18.5 Å². The minimum Gasteiger partial charge on any atom is -0.378 e. The Labute approximate surface area is 123 Å². The molecule has 1 heterocycles. The molecule has 0 fully saturated rings. The summed E-state index contributed by atoms with van der Waals surface area (Å²) in [6.07, 6.45) is 3.49. The molecule has 1 unspecified atom stereocenters. The summed E-state index contributed by atoms with van der Waals surface area (Å²) in [7, 11) is 0. The number of aromatic nitrogens is 1. The van der Waals surface area contributed by atoms with Crippen LogP contribution in [0.2, 0.25) is 0 Å². The van der Waals surface area contributed by atoms with Crippen molar-refractivity contribution in [1.82, 2.24) is 4.98 Å². The molecule has 1 aromatic carbocycles. The topological polar surface area (TPSA) is 68.7 Å². The van der Waals surface area contributed by atoms with E-state index in [9.17, 15) is 4.79 Å². The van der Waals surface area contributed by atoms with Gasteiger partial charge in [-0.1, -0.05) is 12.1 Å². The van der Waals surface area contributed by atoms with Crippen LogP contribution in [0.15, 0.2) is 41.2 Å². The first-order valence-electron chi connectivity index (χ1n) is 7.21. The number of nitrogens with zero attached hydrogens (tertiary/aromatic N) is 1. The molecule has 0 radical (unpaired) electrons. The third-order valence-corrected chi connectivity index (χ3v) is 3.91. The monoisotopic (exact) mass is 279 g/mol. The van der Waals surface area contributed by atoms with Gasteiger partial charge >= 0.3 is 0 Å².